The van der Waals surface area contributed by atoms with Crippen LogP contribution >= 0.6 is 0 Å². The number of carbonyl (C=O) groups is 3. The molecule has 0 aromatic rings. The van der Waals surface area contributed by atoms with Crippen LogP contribution in [0.25, 0.3) is 0 Å². The minimum Gasteiger partial charge on any atom is -0.356 e. The van der Waals surface area contributed by atoms with Gasteiger partial charge in [-0.2, -0.15) is 0 Å². The van der Waals surface area contributed by atoms with E-state index in [2.05, 4.69) is 48.5 Å². The number of nitrogens with zero attached hydrogens (tertiary/aromatic N) is 1. The van der Waals surface area contributed by atoms with E-state index in [-0.39, 0.29) is 33.5 Å². The topological polar surface area (TPSA) is 90.5 Å². The Labute approximate surface area is 331 Å². The van der Waals surface area contributed by atoms with Crippen LogP contribution in [0.3, 0.4) is 0 Å². The Morgan fingerprint density at radius 2 is 0.889 bits per heavy atom. The van der Waals surface area contributed by atoms with Crippen LogP contribution in [-0.2, 0) is 14.4 Å². The van der Waals surface area contributed by atoms with E-state index in [1.54, 1.807) is 0 Å². The molecule has 3 saturated heterocycles. The maximum Gasteiger partial charge on any atom is 0.226 e. The van der Waals surface area contributed by atoms with Gasteiger partial charge in [0.15, 0.2) is 0 Å². The molecular weight excluding hydrogens is 669 g/mol. The third-order valence-electron chi connectivity index (χ3n) is 15.4. The monoisotopic (exact) mass is 753 g/mol. The number of carbonyl (C=O) groups excluding carboxylic acids is 3. The van der Waals surface area contributed by atoms with Gasteiger partial charge in [0, 0.05) is 32.5 Å². The Bertz CT molecular complexity index is 1090. The number of hydrogen-bond acceptors (Lipinski definition) is 4. The van der Waals surface area contributed by atoms with Gasteiger partial charge in [0.2, 0.25) is 17.7 Å². The van der Waals surface area contributed by atoms with E-state index in [4.69, 9.17) is 0 Å². The summed E-state index contributed by atoms with van der Waals surface area (Å²) in [6.07, 6.45) is 30.6. The van der Waals surface area contributed by atoms with Crippen molar-refractivity contribution >= 4 is 17.7 Å². The van der Waals surface area contributed by atoms with Gasteiger partial charge in [-0.15, -0.1) is 0 Å². The minimum absolute atomic E-state index is 0.0434. The second-order valence-corrected chi connectivity index (χ2v) is 20.2. The van der Waals surface area contributed by atoms with E-state index in [1.165, 1.54) is 122 Å². The van der Waals surface area contributed by atoms with Crippen molar-refractivity contribution in [2.75, 3.05) is 39.3 Å². The quantitative estimate of drug-likeness (QED) is 0.0729. The molecule has 54 heavy (non-hydrogen) atoms. The van der Waals surface area contributed by atoms with Gasteiger partial charge in [-0.05, 0) is 137 Å². The smallest absolute Gasteiger partial charge is 0.226 e. The molecule has 2 unspecified atom stereocenters. The Morgan fingerprint density at radius 3 is 1.24 bits per heavy atom. The molecule has 0 aromatic carbocycles. The lowest BCUT2D eigenvalue weighted by Gasteiger charge is -2.67. The number of amides is 3. The largest absolute Gasteiger partial charge is 0.356 e. The van der Waals surface area contributed by atoms with Crippen molar-refractivity contribution < 1.29 is 14.4 Å². The predicted octanol–water partition coefficient (Wildman–Crippen LogP) is 10.1. The van der Waals surface area contributed by atoms with Gasteiger partial charge in [-0.1, -0.05) is 105 Å². The van der Waals surface area contributed by atoms with Crippen LogP contribution in [0.1, 0.15) is 201 Å². The molecule has 7 aliphatic rings. The number of hydrogen-bond donors (Lipinski definition) is 3. The molecule has 2 atom stereocenters. The average Bonchev–Trinajstić information content (AvgIpc) is 3.16. The van der Waals surface area contributed by atoms with E-state index in [1.807, 2.05) is 0 Å². The van der Waals surface area contributed by atoms with Crippen LogP contribution in [0.5, 0.6) is 0 Å². The first-order valence-corrected chi connectivity index (χ1v) is 23.6. The van der Waals surface area contributed by atoms with Crippen molar-refractivity contribution in [3.63, 3.8) is 0 Å². The number of nitrogens with one attached hydrogen (secondary N) is 3. The second-order valence-electron chi connectivity index (χ2n) is 20.2. The molecule has 3 heterocycles. The van der Waals surface area contributed by atoms with Gasteiger partial charge in [0.05, 0.1) is 5.41 Å². The molecule has 0 radical (unpaired) electrons. The fourth-order valence-electron chi connectivity index (χ4n) is 12.9. The van der Waals surface area contributed by atoms with E-state index in [0.29, 0.717) is 36.5 Å². The molecule has 4 saturated carbocycles. The third kappa shape index (κ3) is 11.9. The van der Waals surface area contributed by atoms with Gasteiger partial charge in [-0.25, -0.2) is 0 Å². The van der Waals surface area contributed by atoms with E-state index < -0.39 is 0 Å². The Hall–Kier alpha value is -1.63. The van der Waals surface area contributed by atoms with Crippen molar-refractivity contribution in [3.05, 3.63) is 0 Å². The average molecular weight is 753 g/mol. The Kier molecular flexibility index (Phi) is 16.7. The SMILES string of the molecule is CCCCCC(CCCCC)CC(=O)NCC12CC3CC(CNC(=O)CC(CCCCC)CCCCC)(C1)CC(CNC(=O)C14CCN(CC1)CC4)(C3)C2. The molecule has 7 heteroatoms. The van der Waals surface area contributed by atoms with Crippen molar-refractivity contribution in [3.8, 4) is 0 Å². The minimum atomic E-state index is -0.177. The fourth-order valence-corrected chi connectivity index (χ4v) is 12.9. The fraction of sp³-hybridized carbons (Fsp3) is 0.936. The normalized spacial score (nSPS) is 31.0. The number of rotatable bonds is 27. The molecule has 0 spiro atoms. The first kappa shape index (κ1) is 43.5. The Morgan fingerprint density at radius 1 is 0.537 bits per heavy atom. The van der Waals surface area contributed by atoms with Gasteiger partial charge >= 0.3 is 0 Å². The summed E-state index contributed by atoms with van der Waals surface area (Å²) in [5.41, 5.74) is -0.0459. The maximum absolute atomic E-state index is 14.0. The van der Waals surface area contributed by atoms with Crippen LogP contribution in [0.2, 0.25) is 0 Å². The first-order valence-electron chi connectivity index (χ1n) is 23.6. The molecular formula is C47H84N4O3. The first-order chi connectivity index (χ1) is 26.1. The summed E-state index contributed by atoms with van der Waals surface area (Å²) < 4.78 is 0. The van der Waals surface area contributed by atoms with Gasteiger partial charge in [0.1, 0.15) is 0 Å². The van der Waals surface area contributed by atoms with Gasteiger partial charge in [0.25, 0.3) is 0 Å². The van der Waals surface area contributed by atoms with E-state index >= 15 is 0 Å². The predicted molar refractivity (Wildman–Crippen MR) is 223 cm³/mol. The van der Waals surface area contributed by atoms with Crippen molar-refractivity contribution in [1.29, 1.82) is 0 Å². The summed E-state index contributed by atoms with van der Waals surface area (Å²) in [6.45, 7) is 14.5. The zero-order valence-corrected chi connectivity index (χ0v) is 35.7. The summed E-state index contributed by atoms with van der Waals surface area (Å²) in [5, 5.41) is 10.7. The van der Waals surface area contributed by atoms with Crippen LogP contribution in [0.4, 0.5) is 0 Å². The molecule has 3 amide bonds. The highest BCUT2D eigenvalue weighted by atomic mass is 16.2. The van der Waals surface area contributed by atoms with Crippen LogP contribution < -0.4 is 16.0 Å². The molecule has 3 aliphatic heterocycles. The standard InChI is InChI=1S/C47H84N4O3/c1-5-9-13-17-38(18-14-10-6-2)27-41(52)48-35-44-29-40-30-45(32-44,36-49-42(53)28-39(19-15-11-7-3)20-16-12-8-4)34-46(31-40,33-44)37-50-43(54)47-21-24-51(25-22-47)26-23-47/h38-40H,5-37H2,1-4H3,(H,48,52)(H,49,53)(H,50,54). The lowest BCUT2D eigenvalue weighted by Crippen LogP contribution is -2.64. The summed E-state index contributed by atoms with van der Waals surface area (Å²) in [7, 11) is 0. The van der Waals surface area contributed by atoms with E-state index in [9.17, 15) is 14.4 Å². The van der Waals surface area contributed by atoms with Crippen LogP contribution in [-0.4, -0.2) is 61.9 Å². The Balaban J connectivity index is 1.26. The summed E-state index contributed by atoms with van der Waals surface area (Å²) >= 11 is 0. The number of piperidine rings is 3. The van der Waals surface area contributed by atoms with Crippen molar-refractivity contribution in [2.24, 2.45) is 39.4 Å². The highest BCUT2D eigenvalue weighted by molar-refractivity contribution is 5.83. The molecule has 0 aromatic heterocycles. The summed E-state index contributed by atoms with van der Waals surface area (Å²) in [4.78, 5) is 43.9. The van der Waals surface area contributed by atoms with Crippen molar-refractivity contribution in [1.82, 2.24) is 20.9 Å². The highest BCUT2D eigenvalue weighted by Crippen LogP contribution is 2.69. The molecule has 310 valence electrons. The van der Waals surface area contributed by atoms with Crippen LogP contribution in [0, 0.1) is 39.4 Å². The van der Waals surface area contributed by atoms with Gasteiger partial charge < -0.3 is 20.9 Å². The van der Waals surface area contributed by atoms with Crippen LogP contribution in [0.15, 0.2) is 0 Å². The highest BCUT2D eigenvalue weighted by Gasteiger charge is 2.63. The lowest BCUT2D eigenvalue weighted by molar-refractivity contribution is -0.162. The third-order valence-corrected chi connectivity index (χ3v) is 15.4. The van der Waals surface area contributed by atoms with E-state index in [0.717, 1.165) is 77.8 Å². The molecule has 3 N–H and O–H groups in total. The number of unbranched alkanes of at least 4 members (excludes halogenated alkanes) is 8. The lowest BCUT2D eigenvalue weighted by atomic mass is 9.39. The summed E-state index contributed by atoms with van der Waals surface area (Å²) in [5.74, 6) is 2.36. The molecule has 6 bridgehead atoms. The number of fused-ring (bicyclic) bond motifs is 3. The van der Waals surface area contributed by atoms with Gasteiger partial charge in [-0.3, -0.25) is 14.4 Å². The molecule has 4 aliphatic carbocycles. The zero-order valence-electron chi connectivity index (χ0n) is 35.7. The molecule has 7 nitrogen and oxygen atoms in total. The summed E-state index contributed by atoms with van der Waals surface area (Å²) in [6, 6.07) is 0. The maximum atomic E-state index is 14.0. The zero-order chi connectivity index (χ0) is 38.5. The van der Waals surface area contributed by atoms with Crippen molar-refractivity contribution in [2.45, 2.75) is 201 Å². The molecule has 7 rings (SSSR count). The second kappa shape index (κ2) is 20.7. The molecule has 7 fully saturated rings.